The Labute approximate surface area is 516 Å². The van der Waals surface area contributed by atoms with Crippen LogP contribution in [-0.2, 0) is 47.4 Å². The van der Waals surface area contributed by atoms with E-state index in [1.54, 1.807) is 0 Å². The van der Waals surface area contributed by atoms with Gasteiger partial charge in [-0.15, -0.1) is 0 Å². The quantitative estimate of drug-likeness (QED) is 0.0506. The number of allylic oxidation sites excluding steroid dienone is 2. The summed E-state index contributed by atoms with van der Waals surface area (Å²) in [6.07, 6.45) is -38.0. The standard InChI is InChI=1S/C60H100O29/c1-55(2)16-24-23-8-9-31-57(5)12-11-32(88-54-47(89-53-46(77)40(71)35(66)27(19-63)85-53)42(73)37(68)29(87-54)21-81-51-44(75)39(70)34(65)26(18-62)84-51)56(3,4)30(57)10-13-59(31,7)58(23,6)14-15-60(24,49(79)48(55)78)22-82-52-45(76)41(72)36(67)28(86-52)20-80-50-43(74)38(69)33(64)25(17-61)83-50/h8,24-54,61-79H,9-22H2,1-7H3/t24-,25+,26+,27+,28+,29+,30-,31+,32-,33+,34+,35+,36+,37+,38-,39-,40-,41-,42-,43+,44+,45+,46+,47+,48-,49-,50+,51+,52+,53-,54-,57-,58+,59+,60-/m0/s1. The summed E-state index contributed by atoms with van der Waals surface area (Å²) in [5.74, 6) is -0.286. The second-order valence-corrected chi connectivity index (χ2v) is 29.4. The molecule has 29 heteroatoms. The summed E-state index contributed by atoms with van der Waals surface area (Å²) in [6.45, 7) is 11.3. The maximum Gasteiger partial charge on any atom is 0.187 e. The fraction of sp³-hybridized carbons (Fsp3) is 0.967. The second kappa shape index (κ2) is 26.2. The molecule has 89 heavy (non-hydrogen) atoms. The van der Waals surface area contributed by atoms with Gasteiger partial charge in [-0.2, -0.15) is 0 Å². The van der Waals surface area contributed by atoms with Gasteiger partial charge in [-0.25, -0.2) is 0 Å². The van der Waals surface area contributed by atoms with Crippen molar-refractivity contribution in [3.63, 3.8) is 0 Å². The number of hydrogen-bond acceptors (Lipinski definition) is 29. The normalized spacial score (nSPS) is 54.9. The molecule has 29 nitrogen and oxygen atoms in total. The lowest BCUT2D eigenvalue weighted by Crippen LogP contribution is -2.69. The Morgan fingerprint density at radius 3 is 1.40 bits per heavy atom. The molecule has 0 bridgehead atoms. The molecular weight excluding hydrogens is 1180 g/mol. The highest BCUT2D eigenvalue weighted by atomic mass is 16.8. The lowest BCUT2D eigenvalue weighted by molar-refractivity contribution is -0.382. The van der Waals surface area contributed by atoms with Gasteiger partial charge >= 0.3 is 0 Å². The molecule has 0 radical (unpaired) electrons. The molecule has 4 saturated carbocycles. The molecular formula is C60H100O29. The monoisotopic (exact) mass is 1280 g/mol. The van der Waals surface area contributed by atoms with Crippen LogP contribution in [0.15, 0.2) is 11.6 Å². The fourth-order valence-corrected chi connectivity index (χ4v) is 18.0. The van der Waals surface area contributed by atoms with E-state index in [2.05, 4.69) is 40.7 Å². The van der Waals surface area contributed by atoms with Gasteiger partial charge in [-0.1, -0.05) is 60.1 Å². The van der Waals surface area contributed by atoms with Crippen molar-refractivity contribution in [2.75, 3.05) is 39.6 Å². The number of hydrogen-bond donors (Lipinski definition) is 19. The Morgan fingerprint density at radius 2 is 0.888 bits per heavy atom. The van der Waals surface area contributed by atoms with Crippen LogP contribution in [-0.4, -0.2) is 309 Å². The number of aliphatic hydroxyl groups is 19. The first-order chi connectivity index (χ1) is 41.7. The molecule has 0 amide bonds. The number of ether oxygens (including phenoxy) is 10. The van der Waals surface area contributed by atoms with Gasteiger partial charge in [0, 0.05) is 5.41 Å². The highest BCUT2D eigenvalue weighted by Crippen LogP contribution is 2.76. The summed E-state index contributed by atoms with van der Waals surface area (Å²) in [5, 5.41) is 206. The summed E-state index contributed by atoms with van der Waals surface area (Å²) < 4.78 is 60.1. The molecule has 0 unspecified atom stereocenters. The minimum Gasteiger partial charge on any atom is -0.394 e. The van der Waals surface area contributed by atoms with Crippen LogP contribution in [0.3, 0.4) is 0 Å². The zero-order chi connectivity index (χ0) is 65.2. The Hall–Kier alpha value is -1.42. The van der Waals surface area contributed by atoms with E-state index in [0.29, 0.717) is 38.5 Å². The first kappa shape index (κ1) is 70.4. The van der Waals surface area contributed by atoms with Crippen molar-refractivity contribution in [1.82, 2.24) is 0 Å². The van der Waals surface area contributed by atoms with Crippen molar-refractivity contribution in [2.45, 2.75) is 272 Å². The summed E-state index contributed by atoms with van der Waals surface area (Å²) in [7, 11) is 0. The topological polar surface area (TPSA) is 477 Å². The number of rotatable bonds is 16. The maximum atomic E-state index is 12.5. The predicted octanol–water partition coefficient (Wildman–Crippen LogP) is -5.80. The smallest absolute Gasteiger partial charge is 0.187 e. The van der Waals surface area contributed by atoms with Gasteiger partial charge in [0.1, 0.15) is 122 Å². The molecule has 5 aliphatic carbocycles. The number of aliphatic hydroxyl groups excluding tert-OH is 19. The molecule has 0 aromatic heterocycles. The maximum absolute atomic E-state index is 12.5. The molecule has 0 aromatic rings. The molecule has 9 fully saturated rings. The van der Waals surface area contributed by atoms with Gasteiger partial charge < -0.3 is 144 Å². The van der Waals surface area contributed by atoms with Gasteiger partial charge in [0.25, 0.3) is 0 Å². The van der Waals surface area contributed by atoms with Gasteiger partial charge in [0.2, 0.25) is 0 Å². The zero-order valence-electron chi connectivity index (χ0n) is 51.5. The molecule has 514 valence electrons. The van der Waals surface area contributed by atoms with E-state index in [9.17, 15) is 97.0 Å². The van der Waals surface area contributed by atoms with Crippen LogP contribution in [0.4, 0.5) is 0 Å². The average molecular weight is 1290 g/mol. The van der Waals surface area contributed by atoms with Crippen LogP contribution in [0.5, 0.6) is 0 Å². The number of fused-ring (bicyclic) bond motifs is 7. The van der Waals surface area contributed by atoms with E-state index in [1.807, 2.05) is 13.8 Å². The molecule has 5 saturated heterocycles. The summed E-state index contributed by atoms with van der Waals surface area (Å²) in [5.41, 5.74) is -2.59. The lowest BCUT2D eigenvalue weighted by atomic mass is 9.33. The van der Waals surface area contributed by atoms with Gasteiger partial charge in [-0.05, 0) is 96.2 Å². The Morgan fingerprint density at radius 1 is 0.438 bits per heavy atom. The van der Waals surface area contributed by atoms with Crippen molar-refractivity contribution < 1.29 is 144 Å². The fourth-order valence-electron chi connectivity index (χ4n) is 18.0. The largest absolute Gasteiger partial charge is 0.394 e. The molecule has 35 atom stereocenters. The van der Waals surface area contributed by atoms with Gasteiger partial charge in [0.15, 0.2) is 31.5 Å². The van der Waals surface area contributed by atoms with Crippen LogP contribution in [0.25, 0.3) is 0 Å². The van der Waals surface area contributed by atoms with Crippen LogP contribution < -0.4 is 0 Å². The average Bonchev–Trinajstić information content (AvgIpc) is 0.677. The van der Waals surface area contributed by atoms with Crippen LogP contribution in [0.2, 0.25) is 0 Å². The van der Waals surface area contributed by atoms with E-state index >= 15 is 0 Å². The van der Waals surface area contributed by atoms with Crippen LogP contribution in [0, 0.1) is 50.2 Å². The Bertz CT molecular complexity index is 2420. The van der Waals surface area contributed by atoms with Crippen molar-refractivity contribution in [3.8, 4) is 0 Å². The molecule has 10 rings (SSSR count). The summed E-state index contributed by atoms with van der Waals surface area (Å²) >= 11 is 0. The predicted molar refractivity (Wildman–Crippen MR) is 298 cm³/mol. The van der Waals surface area contributed by atoms with Gasteiger partial charge in [0.05, 0.1) is 58.0 Å². The Kier molecular flexibility index (Phi) is 20.7. The van der Waals surface area contributed by atoms with E-state index in [4.69, 9.17) is 47.4 Å². The molecule has 19 N–H and O–H groups in total. The minimum absolute atomic E-state index is 0.0106. The van der Waals surface area contributed by atoms with E-state index in [-0.39, 0.29) is 35.2 Å². The SMILES string of the molecule is CC1(C)C[C@H]2C3=CC[C@@H]4[C@@]5(C)CC[C@H](O[C@@H]6O[C@H](CO[C@@H]7O[C@H](CO)[C@@H](O)[C@H](O)[C@H]7O)[C@@H](O)[C@H](O)[C@H]6O[C@@H]6O[C@H](CO)[C@@H](O)[C@H](O)[C@H]6O)C(C)(C)[C@@H]5CC[C@@]4(C)[C@]3(C)CC[C@@]2(CO[C@@H]2O[C@H](CO[C@@H]3O[C@H](CO)[C@@H](O)[C@H](O)[C@H]3O)[C@@H](O)[C@H](O)[C@H]2O)[C@@H](O)[C@@H]1O. The van der Waals surface area contributed by atoms with E-state index in [0.717, 1.165) is 18.4 Å². The lowest BCUT2D eigenvalue weighted by Gasteiger charge is -2.72. The van der Waals surface area contributed by atoms with Crippen LogP contribution in [0.1, 0.15) is 99.8 Å². The van der Waals surface area contributed by atoms with Crippen molar-refractivity contribution in [1.29, 1.82) is 0 Å². The summed E-state index contributed by atoms with van der Waals surface area (Å²) in [4.78, 5) is 0. The van der Waals surface area contributed by atoms with Crippen molar-refractivity contribution in [3.05, 3.63) is 11.6 Å². The van der Waals surface area contributed by atoms with Crippen molar-refractivity contribution >= 4 is 0 Å². The molecule has 5 aliphatic heterocycles. The zero-order valence-corrected chi connectivity index (χ0v) is 51.5. The second-order valence-electron chi connectivity index (χ2n) is 29.4. The first-order valence-electron chi connectivity index (χ1n) is 31.5. The third-order valence-electron chi connectivity index (χ3n) is 23.9. The minimum atomic E-state index is -1.91. The molecule has 0 spiro atoms. The highest BCUT2D eigenvalue weighted by molar-refractivity contribution is 5.35. The van der Waals surface area contributed by atoms with Gasteiger partial charge in [-0.3, -0.25) is 0 Å². The highest BCUT2D eigenvalue weighted by Gasteiger charge is 2.71. The van der Waals surface area contributed by atoms with Crippen molar-refractivity contribution in [2.24, 2.45) is 50.2 Å². The molecule has 0 aromatic carbocycles. The van der Waals surface area contributed by atoms with Crippen LogP contribution >= 0.6 is 0 Å². The Balaban J connectivity index is 0.880. The van der Waals surface area contributed by atoms with E-state index in [1.165, 1.54) is 0 Å². The molecule has 5 heterocycles. The molecule has 10 aliphatic rings. The third-order valence-corrected chi connectivity index (χ3v) is 23.9. The first-order valence-corrected chi connectivity index (χ1v) is 31.5. The summed E-state index contributed by atoms with van der Waals surface area (Å²) in [6, 6.07) is 0. The third kappa shape index (κ3) is 11.9. The van der Waals surface area contributed by atoms with E-state index < -0.39 is 227 Å².